The molecule has 1 aromatic heterocycles. The lowest BCUT2D eigenvalue weighted by molar-refractivity contribution is -0.277. The maximum Gasteiger partial charge on any atom is 0.238 e. The minimum Gasteiger partial charge on any atom is -0.507 e. The summed E-state index contributed by atoms with van der Waals surface area (Å²) in [7, 11) is 0. The number of aromatic hydroxyl groups is 4. The lowest BCUT2D eigenvalue weighted by atomic mass is 9.99. The molecule has 33 heavy (non-hydrogen) atoms. The van der Waals surface area contributed by atoms with Gasteiger partial charge in [-0.3, -0.25) is 4.79 Å². The van der Waals surface area contributed by atoms with Crippen molar-refractivity contribution in [2.75, 3.05) is 6.61 Å². The van der Waals surface area contributed by atoms with Crippen LogP contribution in [0, 0.1) is 0 Å². The van der Waals surface area contributed by atoms with Crippen molar-refractivity contribution in [3.8, 4) is 40.1 Å². The molecule has 0 bridgehead atoms. The molecule has 1 aliphatic rings. The molecule has 1 aliphatic heterocycles. The van der Waals surface area contributed by atoms with E-state index in [1.54, 1.807) is 0 Å². The first-order valence-corrected chi connectivity index (χ1v) is 9.64. The molecule has 0 amide bonds. The molecule has 12 nitrogen and oxygen atoms in total. The van der Waals surface area contributed by atoms with Gasteiger partial charge in [0.1, 0.15) is 46.9 Å². The molecule has 0 saturated carbocycles. The lowest BCUT2D eigenvalue weighted by Gasteiger charge is -2.39. The van der Waals surface area contributed by atoms with Crippen molar-refractivity contribution in [3.63, 3.8) is 0 Å². The Balaban J connectivity index is 1.76. The van der Waals surface area contributed by atoms with Gasteiger partial charge in [-0.2, -0.15) is 0 Å². The van der Waals surface area contributed by atoms with Gasteiger partial charge in [-0.15, -0.1) is 0 Å². The van der Waals surface area contributed by atoms with Gasteiger partial charge in [-0.05, 0) is 18.2 Å². The molecule has 176 valence electrons. The smallest absolute Gasteiger partial charge is 0.238 e. The van der Waals surface area contributed by atoms with E-state index >= 15 is 0 Å². The second-order valence-electron chi connectivity index (χ2n) is 7.44. The molecule has 8 N–H and O–H groups in total. The molecule has 5 atom stereocenters. The third kappa shape index (κ3) is 3.90. The zero-order chi connectivity index (χ0) is 24.0. The number of phenolic OH excluding ortho intramolecular Hbond substituents is 3. The maximum atomic E-state index is 12.6. The third-order valence-corrected chi connectivity index (χ3v) is 5.26. The predicted molar refractivity (Wildman–Crippen MR) is 109 cm³/mol. The largest absolute Gasteiger partial charge is 0.507 e. The predicted octanol–water partition coefficient (Wildman–Crippen LogP) is -0.539. The molecule has 4 rings (SSSR count). The van der Waals surface area contributed by atoms with Crippen LogP contribution < -0.4 is 10.2 Å². The number of rotatable bonds is 4. The highest BCUT2D eigenvalue weighted by molar-refractivity contribution is 5.88. The Kier molecular flexibility index (Phi) is 5.78. The zero-order valence-electron chi connectivity index (χ0n) is 16.7. The second-order valence-corrected chi connectivity index (χ2v) is 7.44. The maximum absolute atomic E-state index is 12.6. The van der Waals surface area contributed by atoms with E-state index in [4.69, 9.17) is 13.9 Å². The molecule has 3 aromatic rings. The van der Waals surface area contributed by atoms with Gasteiger partial charge in [0.15, 0.2) is 17.3 Å². The third-order valence-electron chi connectivity index (χ3n) is 5.26. The molecule has 5 unspecified atom stereocenters. The molecule has 0 radical (unpaired) electrons. The Bertz CT molecular complexity index is 1250. The van der Waals surface area contributed by atoms with Crippen LogP contribution in [0.25, 0.3) is 22.3 Å². The summed E-state index contributed by atoms with van der Waals surface area (Å²) < 4.78 is 16.3. The zero-order valence-corrected chi connectivity index (χ0v) is 16.7. The average Bonchev–Trinajstić information content (AvgIpc) is 2.78. The first-order valence-electron chi connectivity index (χ1n) is 9.64. The number of hydrogen-bond acceptors (Lipinski definition) is 12. The number of fused-ring (bicyclic) bond motifs is 1. The average molecular weight is 464 g/mol. The Hall–Kier alpha value is -3.55. The van der Waals surface area contributed by atoms with E-state index in [1.807, 2.05) is 0 Å². The number of phenols is 3. The fourth-order valence-corrected chi connectivity index (χ4v) is 3.49. The Labute approximate surface area is 184 Å². The number of hydrogen-bond donors (Lipinski definition) is 8. The van der Waals surface area contributed by atoms with Crippen LogP contribution >= 0.6 is 0 Å². The van der Waals surface area contributed by atoms with E-state index in [9.17, 15) is 45.6 Å². The van der Waals surface area contributed by atoms with Crippen LogP contribution in [-0.4, -0.2) is 78.2 Å². The van der Waals surface area contributed by atoms with E-state index < -0.39 is 65.7 Å². The van der Waals surface area contributed by atoms with Crippen molar-refractivity contribution in [1.82, 2.24) is 0 Å². The summed E-state index contributed by atoms with van der Waals surface area (Å²) in [6, 6.07) is 5.55. The molecule has 12 heteroatoms. The Morgan fingerprint density at radius 3 is 2.27 bits per heavy atom. The standard InChI is InChI=1S/C21H20O12/c22-6-13-15(26)17(28)19(30)21(33-13)31-8-4-11(25)14-12(5-8)32-20(18(29)16(14)27)7-1-2-9(23)10(24)3-7/h1-5,13,15,17,19,21-26,28-30H,6H2. The Morgan fingerprint density at radius 1 is 0.879 bits per heavy atom. The van der Waals surface area contributed by atoms with Crippen LogP contribution in [-0.2, 0) is 4.74 Å². The van der Waals surface area contributed by atoms with Gasteiger partial charge in [0.2, 0.25) is 17.5 Å². The topological polar surface area (TPSA) is 211 Å². The van der Waals surface area contributed by atoms with Gasteiger partial charge < -0.3 is 54.7 Å². The van der Waals surface area contributed by atoms with Gasteiger partial charge in [0.05, 0.1) is 6.61 Å². The minimum atomic E-state index is -1.72. The first-order chi connectivity index (χ1) is 15.6. The van der Waals surface area contributed by atoms with Gasteiger partial charge in [0.25, 0.3) is 0 Å². The van der Waals surface area contributed by atoms with Gasteiger partial charge in [-0.1, -0.05) is 0 Å². The van der Waals surface area contributed by atoms with Gasteiger partial charge in [0, 0.05) is 17.7 Å². The molecule has 0 spiro atoms. The van der Waals surface area contributed by atoms with Crippen LogP contribution in [0.1, 0.15) is 0 Å². The normalized spacial score (nSPS) is 25.3. The lowest BCUT2D eigenvalue weighted by Crippen LogP contribution is -2.60. The molecular weight excluding hydrogens is 444 g/mol. The molecule has 0 aliphatic carbocycles. The van der Waals surface area contributed by atoms with E-state index in [0.717, 1.165) is 24.3 Å². The molecular formula is C21H20O12. The molecule has 2 heterocycles. The van der Waals surface area contributed by atoms with E-state index in [0.29, 0.717) is 0 Å². The SMILES string of the molecule is O=c1c(O)c(-c2ccc(O)c(O)c2)oc2cc(OC3OC(CO)C(O)C(O)C3O)cc(O)c12. The van der Waals surface area contributed by atoms with E-state index in [-0.39, 0.29) is 28.0 Å². The van der Waals surface area contributed by atoms with Crippen molar-refractivity contribution in [1.29, 1.82) is 0 Å². The van der Waals surface area contributed by atoms with Crippen LogP contribution in [0.2, 0.25) is 0 Å². The molecule has 2 aromatic carbocycles. The fourth-order valence-electron chi connectivity index (χ4n) is 3.49. The molecule has 1 saturated heterocycles. The summed E-state index contributed by atoms with van der Waals surface area (Å²) in [4.78, 5) is 12.6. The first kappa shape index (κ1) is 22.6. The quantitative estimate of drug-likeness (QED) is 0.229. The van der Waals surface area contributed by atoms with Gasteiger partial charge >= 0.3 is 0 Å². The fraction of sp³-hybridized carbons (Fsp3) is 0.286. The van der Waals surface area contributed by atoms with Crippen LogP contribution in [0.4, 0.5) is 0 Å². The van der Waals surface area contributed by atoms with Crippen LogP contribution in [0.15, 0.2) is 39.5 Å². The highest BCUT2D eigenvalue weighted by Crippen LogP contribution is 2.38. The monoisotopic (exact) mass is 464 g/mol. The van der Waals surface area contributed by atoms with Crippen molar-refractivity contribution in [2.45, 2.75) is 30.7 Å². The highest BCUT2D eigenvalue weighted by Gasteiger charge is 2.44. The van der Waals surface area contributed by atoms with Crippen molar-refractivity contribution in [3.05, 3.63) is 40.6 Å². The number of ether oxygens (including phenoxy) is 2. The Morgan fingerprint density at radius 2 is 1.61 bits per heavy atom. The van der Waals surface area contributed by atoms with Crippen LogP contribution in [0.3, 0.4) is 0 Å². The summed E-state index contributed by atoms with van der Waals surface area (Å²) in [6.07, 6.45) is -7.80. The van der Waals surface area contributed by atoms with E-state index in [1.165, 1.54) is 6.07 Å². The van der Waals surface area contributed by atoms with Crippen molar-refractivity contribution >= 4 is 11.0 Å². The van der Waals surface area contributed by atoms with Crippen molar-refractivity contribution in [2.24, 2.45) is 0 Å². The summed E-state index contributed by atoms with van der Waals surface area (Å²) in [5.74, 6) is -3.02. The van der Waals surface area contributed by atoms with E-state index in [2.05, 4.69) is 0 Å². The summed E-state index contributed by atoms with van der Waals surface area (Å²) in [5.41, 5.74) is -1.20. The number of benzene rings is 2. The number of aliphatic hydroxyl groups excluding tert-OH is 4. The minimum absolute atomic E-state index is 0.0431. The van der Waals surface area contributed by atoms with Gasteiger partial charge in [-0.25, -0.2) is 0 Å². The second kappa shape index (κ2) is 8.42. The number of aliphatic hydroxyl groups is 4. The highest BCUT2D eigenvalue weighted by atomic mass is 16.7. The summed E-state index contributed by atoms with van der Waals surface area (Å²) in [6.45, 7) is -0.676. The summed E-state index contributed by atoms with van der Waals surface area (Å²) in [5, 5.41) is 78.6. The van der Waals surface area contributed by atoms with Crippen LogP contribution in [0.5, 0.6) is 28.7 Å². The summed E-state index contributed by atoms with van der Waals surface area (Å²) >= 11 is 0. The molecule has 1 fully saturated rings. The van der Waals surface area contributed by atoms with Crippen molar-refractivity contribution < 1.29 is 54.7 Å².